The molecule has 0 atom stereocenters. The first kappa shape index (κ1) is 14.3. The van der Waals surface area contributed by atoms with Crippen LogP contribution in [-0.4, -0.2) is 35.4 Å². The SMILES string of the molecule is Cc1cc(NCC(=O)N2CCCCC2)ccc1[N+](=O)[O-]. The van der Waals surface area contributed by atoms with Crippen molar-refractivity contribution < 1.29 is 9.72 Å². The van der Waals surface area contributed by atoms with Crippen LogP contribution in [0.25, 0.3) is 0 Å². The predicted octanol–water partition coefficient (Wildman–Crippen LogP) is 2.33. The van der Waals surface area contributed by atoms with Gasteiger partial charge in [-0.3, -0.25) is 14.9 Å². The molecule has 1 aromatic carbocycles. The fraction of sp³-hybridized carbons (Fsp3) is 0.500. The molecule has 0 bridgehead atoms. The summed E-state index contributed by atoms with van der Waals surface area (Å²) >= 11 is 0. The Morgan fingerprint density at radius 2 is 2.05 bits per heavy atom. The van der Waals surface area contributed by atoms with E-state index in [-0.39, 0.29) is 18.1 Å². The Morgan fingerprint density at radius 3 is 2.65 bits per heavy atom. The maximum atomic E-state index is 12.0. The second-order valence-electron chi connectivity index (χ2n) is 5.05. The van der Waals surface area contributed by atoms with Crippen LogP contribution < -0.4 is 5.32 Å². The number of aryl methyl sites for hydroxylation is 1. The maximum Gasteiger partial charge on any atom is 0.272 e. The minimum absolute atomic E-state index is 0.0840. The summed E-state index contributed by atoms with van der Waals surface area (Å²) in [6, 6.07) is 4.79. The molecule has 1 aliphatic heterocycles. The monoisotopic (exact) mass is 277 g/mol. The lowest BCUT2D eigenvalue weighted by Gasteiger charge is -2.26. The van der Waals surface area contributed by atoms with E-state index in [0.717, 1.165) is 31.6 Å². The van der Waals surface area contributed by atoms with Gasteiger partial charge in [0.05, 0.1) is 11.5 Å². The van der Waals surface area contributed by atoms with E-state index < -0.39 is 4.92 Å². The van der Waals surface area contributed by atoms with E-state index in [1.54, 1.807) is 19.1 Å². The summed E-state index contributed by atoms with van der Waals surface area (Å²) < 4.78 is 0. The lowest BCUT2D eigenvalue weighted by Crippen LogP contribution is -2.39. The molecule has 0 spiro atoms. The van der Waals surface area contributed by atoms with Crippen molar-refractivity contribution in [2.24, 2.45) is 0 Å². The van der Waals surface area contributed by atoms with Crippen molar-refractivity contribution >= 4 is 17.3 Å². The van der Waals surface area contributed by atoms with Gasteiger partial charge in [0.25, 0.3) is 5.69 Å². The zero-order chi connectivity index (χ0) is 14.5. The lowest BCUT2D eigenvalue weighted by atomic mass is 10.1. The van der Waals surface area contributed by atoms with E-state index in [4.69, 9.17) is 0 Å². The molecule has 1 N–H and O–H groups in total. The predicted molar refractivity (Wildman–Crippen MR) is 76.8 cm³/mol. The number of rotatable bonds is 4. The molecule has 1 aromatic rings. The van der Waals surface area contributed by atoms with Crippen molar-refractivity contribution in [3.63, 3.8) is 0 Å². The summed E-state index contributed by atoms with van der Waals surface area (Å²) in [4.78, 5) is 24.2. The third kappa shape index (κ3) is 3.46. The molecule has 2 rings (SSSR count). The van der Waals surface area contributed by atoms with Crippen molar-refractivity contribution in [1.29, 1.82) is 0 Å². The van der Waals surface area contributed by atoms with Gasteiger partial charge in [-0.25, -0.2) is 0 Å². The molecule has 1 amide bonds. The summed E-state index contributed by atoms with van der Waals surface area (Å²) in [5.41, 5.74) is 1.42. The Labute approximate surface area is 117 Å². The lowest BCUT2D eigenvalue weighted by molar-refractivity contribution is -0.385. The molecule has 0 aliphatic carbocycles. The fourth-order valence-electron chi connectivity index (χ4n) is 2.40. The van der Waals surface area contributed by atoms with E-state index >= 15 is 0 Å². The fourth-order valence-corrected chi connectivity index (χ4v) is 2.40. The third-order valence-corrected chi connectivity index (χ3v) is 3.55. The van der Waals surface area contributed by atoms with Crippen molar-refractivity contribution in [2.75, 3.05) is 25.0 Å². The van der Waals surface area contributed by atoms with Gasteiger partial charge in [0.15, 0.2) is 0 Å². The van der Waals surface area contributed by atoms with Crippen LogP contribution in [0, 0.1) is 17.0 Å². The normalized spacial score (nSPS) is 14.9. The van der Waals surface area contributed by atoms with Gasteiger partial charge in [0.1, 0.15) is 0 Å². The highest BCUT2D eigenvalue weighted by Crippen LogP contribution is 2.21. The number of nitro benzene ring substituents is 1. The van der Waals surface area contributed by atoms with Gasteiger partial charge in [-0.05, 0) is 38.3 Å². The highest BCUT2D eigenvalue weighted by Gasteiger charge is 2.16. The van der Waals surface area contributed by atoms with Crippen molar-refractivity contribution in [1.82, 2.24) is 4.90 Å². The summed E-state index contributed by atoms with van der Waals surface area (Å²) in [7, 11) is 0. The number of nitrogens with one attached hydrogen (secondary N) is 1. The van der Waals surface area contributed by atoms with E-state index in [0.29, 0.717) is 5.56 Å². The number of nitro groups is 1. The zero-order valence-electron chi connectivity index (χ0n) is 11.6. The highest BCUT2D eigenvalue weighted by molar-refractivity contribution is 5.81. The van der Waals surface area contributed by atoms with Crippen LogP contribution in [0.3, 0.4) is 0 Å². The minimum atomic E-state index is -0.405. The van der Waals surface area contributed by atoms with Crippen LogP contribution in [0.2, 0.25) is 0 Å². The molecule has 20 heavy (non-hydrogen) atoms. The molecule has 6 heteroatoms. The maximum absolute atomic E-state index is 12.0. The zero-order valence-corrected chi connectivity index (χ0v) is 11.6. The molecule has 1 aliphatic rings. The van der Waals surface area contributed by atoms with Crippen molar-refractivity contribution in [3.8, 4) is 0 Å². The number of anilines is 1. The first-order valence-electron chi connectivity index (χ1n) is 6.84. The van der Waals surface area contributed by atoms with Gasteiger partial charge in [-0.2, -0.15) is 0 Å². The average molecular weight is 277 g/mol. The number of carbonyl (C=O) groups is 1. The van der Waals surface area contributed by atoms with Crippen LogP contribution in [0.5, 0.6) is 0 Å². The first-order chi connectivity index (χ1) is 9.58. The Balaban J connectivity index is 1.92. The number of hydrogen-bond donors (Lipinski definition) is 1. The number of benzene rings is 1. The average Bonchev–Trinajstić information content (AvgIpc) is 2.45. The van der Waals surface area contributed by atoms with E-state index in [9.17, 15) is 14.9 Å². The quantitative estimate of drug-likeness (QED) is 0.677. The second kappa shape index (κ2) is 6.36. The number of hydrogen-bond acceptors (Lipinski definition) is 4. The van der Waals surface area contributed by atoms with Gasteiger partial charge >= 0.3 is 0 Å². The first-order valence-corrected chi connectivity index (χ1v) is 6.84. The van der Waals surface area contributed by atoms with E-state index in [1.807, 2.05) is 4.90 Å². The molecule has 0 aromatic heterocycles. The molecule has 1 saturated heterocycles. The molecule has 1 fully saturated rings. The van der Waals surface area contributed by atoms with Gasteiger partial charge in [-0.1, -0.05) is 0 Å². The summed E-state index contributed by atoms with van der Waals surface area (Å²) in [6.07, 6.45) is 3.34. The Bertz CT molecular complexity index is 510. The number of carbonyl (C=O) groups excluding carboxylic acids is 1. The number of nitrogens with zero attached hydrogens (tertiary/aromatic N) is 2. The second-order valence-corrected chi connectivity index (χ2v) is 5.05. The van der Waals surface area contributed by atoms with Gasteiger partial charge in [0.2, 0.25) is 5.91 Å². The smallest absolute Gasteiger partial charge is 0.272 e. The number of piperidine rings is 1. The molecule has 1 heterocycles. The molecule has 6 nitrogen and oxygen atoms in total. The van der Waals surface area contributed by atoms with Crippen LogP contribution in [-0.2, 0) is 4.79 Å². The molecular weight excluding hydrogens is 258 g/mol. The molecule has 108 valence electrons. The Morgan fingerprint density at radius 1 is 1.35 bits per heavy atom. The standard InChI is InChI=1S/C14H19N3O3/c1-11-9-12(5-6-13(11)17(19)20)15-10-14(18)16-7-3-2-4-8-16/h5-6,9,15H,2-4,7-8,10H2,1H3. The Hall–Kier alpha value is -2.11. The van der Waals surface area contributed by atoms with E-state index in [1.165, 1.54) is 12.5 Å². The summed E-state index contributed by atoms with van der Waals surface area (Å²) in [6.45, 7) is 3.59. The van der Waals surface area contributed by atoms with Crippen LogP contribution in [0.15, 0.2) is 18.2 Å². The van der Waals surface area contributed by atoms with Gasteiger partial charge in [-0.15, -0.1) is 0 Å². The third-order valence-electron chi connectivity index (χ3n) is 3.55. The van der Waals surface area contributed by atoms with Crippen molar-refractivity contribution in [2.45, 2.75) is 26.2 Å². The van der Waals surface area contributed by atoms with Crippen LogP contribution in [0.1, 0.15) is 24.8 Å². The molecule has 0 unspecified atom stereocenters. The van der Waals surface area contributed by atoms with Crippen molar-refractivity contribution in [3.05, 3.63) is 33.9 Å². The summed E-state index contributed by atoms with van der Waals surface area (Å²) in [5.74, 6) is 0.0840. The number of likely N-dealkylation sites (tertiary alicyclic amines) is 1. The summed E-state index contributed by atoms with van der Waals surface area (Å²) in [5, 5.41) is 13.8. The minimum Gasteiger partial charge on any atom is -0.376 e. The van der Waals surface area contributed by atoms with E-state index in [2.05, 4.69) is 5.32 Å². The largest absolute Gasteiger partial charge is 0.376 e. The Kier molecular flexibility index (Phi) is 4.55. The molecular formula is C14H19N3O3. The molecule has 0 radical (unpaired) electrons. The highest BCUT2D eigenvalue weighted by atomic mass is 16.6. The van der Waals surface area contributed by atoms with Gasteiger partial charge in [0, 0.05) is 30.4 Å². The van der Waals surface area contributed by atoms with Crippen LogP contribution in [0.4, 0.5) is 11.4 Å². The molecule has 0 saturated carbocycles. The van der Waals surface area contributed by atoms with Crippen LogP contribution >= 0.6 is 0 Å². The number of amides is 1. The van der Waals surface area contributed by atoms with Gasteiger partial charge < -0.3 is 10.2 Å². The topological polar surface area (TPSA) is 75.5 Å².